The first kappa shape index (κ1) is 23.8. The van der Waals surface area contributed by atoms with Gasteiger partial charge < -0.3 is 21.1 Å². The van der Waals surface area contributed by atoms with Gasteiger partial charge in [0.1, 0.15) is 11.9 Å². The number of hydrogen-bond donors (Lipinski definition) is 3. The number of nitrogens with two attached hydrogens (primary N) is 1. The van der Waals surface area contributed by atoms with Crippen LogP contribution >= 0.6 is 23.2 Å². The van der Waals surface area contributed by atoms with Crippen molar-refractivity contribution < 1.29 is 13.9 Å². The normalized spacial score (nSPS) is 11.8. The second-order valence-electron chi connectivity index (χ2n) is 7.06. The summed E-state index contributed by atoms with van der Waals surface area (Å²) in [5, 5.41) is 5.98. The van der Waals surface area contributed by atoms with Crippen molar-refractivity contribution in [3.05, 3.63) is 75.7 Å². The van der Waals surface area contributed by atoms with Crippen LogP contribution in [0.2, 0.25) is 10.0 Å². The van der Waals surface area contributed by atoms with Crippen molar-refractivity contribution in [1.29, 1.82) is 0 Å². The molecule has 4 N–H and O–H groups in total. The lowest BCUT2D eigenvalue weighted by atomic mass is 10.0. The number of nitrogens with zero attached hydrogens (tertiary/aromatic N) is 1. The molecule has 3 rings (SSSR count). The van der Waals surface area contributed by atoms with Crippen molar-refractivity contribution in [1.82, 2.24) is 15.6 Å². The van der Waals surface area contributed by atoms with Gasteiger partial charge in [-0.3, -0.25) is 4.79 Å². The maximum absolute atomic E-state index is 13.9. The summed E-state index contributed by atoms with van der Waals surface area (Å²) in [5.41, 5.74) is 8.42. The lowest BCUT2D eigenvalue weighted by Crippen LogP contribution is -2.30. The summed E-state index contributed by atoms with van der Waals surface area (Å²) in [6.45, 7) is 2.92. The molecule has 0 spiro atoms. The van der Waals surface area contributed by atoms with Gasteiger partial charge in [-0.05, 0) is 49.9 Å². The Labute approximate surface area is 195 Å². The van der Waals surface area contributed by atoms with Crippen LogP contribution in [0, 0.1) is 5.82 Å². The fourth-order valence-corrected chi connectivity index (χ4v) is 3.77. The molecule has 0 saturated carbocycles. The molecule has 0 aliphatic heterocycles. The first-order valence-electron chi connectivity index (χ1n) is 9.90. The van der Waals surface area contributed by atoms with Crippen molar-refractivity contribution in [2.24, 2.45) is 0 Å². The van der Waals surface area contributed by atoms with Gasteiger partial charge in [-0.15, -0.1) is 0 Å². The zero-order valence-electron chi connectivity index (χ0n) is 17.6. The molecule has 9 heteroatoms. The largest absolute Gasteiger partial charge is 0.482 e. The number of carbonyl (C=O) groups is 1. The third-order valence-corrected chi connectivity index (χ3v) is 5.53. The number of hydrogen-bond acceptors (Lipinski definition) is 5. The van der Waals surface area contributed by atoms with E-state index in [2.05, 4.69) is 15.6 Å². The van der Waals surface area contributed by atoms with Gasteiger partial charge in [0.2, 0.25) is 0 Å². The number of benzene rings is 2. The number of nitrogen functional groups attached to an aromatic ring is 1. The molecule has 168 valence electrons. The highest BCUT2D eigenvalue weighted by Crippen LogP contribution is 2.36. The van der Waals surface area contributed by atoms with Gasteiger partial charge in [0.25, 0.3) is 5.91 Å². The smallest absolute Gasteiger partial charge is 0.251 e. The molecule has 1 heterocycles. The average Bonchev–Trinajstić information content (AvgIpc) is 2.78. The van der Waals surface area contributed by atoms with Gasteiger partial charge in [0.15, 0.2) is 11.6 Å². The van der Waals surface area contributed by atoms with Crippen LogP contribution in [0.1, 0.15) is 28.9 Å². The molecule has 3 aromatic rings. The minimum absolute atomic E-state index is 0.101. The van der Waals surface area contributed by atoms with E-state index in [1.54, 1.807) is 31.3 Å². The van der Waals surface area contributed by atoms with Crippen molar-refractivity contribution in [3.8, 4) is 16.9 Å². The zero-order chi connectivity index (χ0) is 23.3. The van der Waals surface area contributed by atoms with Crippen molar-refractivity contribution in [3.63, 3.8) is 0 Å². The van der Waals surface area contributed by atoms with Gasteiger partial charge in [-0.2, -0.15) is 0 Å². The van der Waals surface area contributed by atoms with Crippen LogP contribution in [0.4, 0.5) is 10.2 Å². The highest BCUT2D eigenvalue weighted by Gasteiger charge is 2.20. The lowest BCUT2D eigenvalue weighted by Gasteiger charge is -2.19. The summed E-state index contributed by atoms with van der Waals surface area (Å²) >= 11 is 12.3. The molecule has 0 aliphatic rings. The molecule has 1 aromatic heterocycles. The molecular weight excluding hydrogens is 454 g/mol. The number of rotatable bonds is 8. The number of halogens is 3. The number of likely N-dealkylation sites (N-methyl/N-ethyl adjacent to an activating group) is 1. The van der Waals surface area contributed by atoms with Crippen molar-refractivity contribution in [2.75, 3.05) is 25.9 Å². The number of carbonyl (C=O) groups excluding carboxylic acids is 1. The van der Waals surface area contributed by atoms with Gasteiger partial charge >= 0.3 is 0 Å². The van der Waals surface area contributed by atoms with E-state index in [1.807, 2.05) is 19.2 Å². The van der Waals surface area contributed by atoms with E-state index >= 15 is 0 Å². The Morgan fingerprint density at radius 3 is 2.56 bits per heavy atom. The molecule has 0 bridgehead atoms. The number of aromatic nitrogens is 1. The van der Waals surface area contributed by atoms with E-state index in [0.29, 0.717) is 30.0 Å². The van der Waals surface area contributed by atoms with Gasteiger partial charge in [0.05, 0.1) is 5.02 Å². The first-order valence-corrected chi connectivity index (χ1v) is 10.7. The molecule has 32 heavy (non-hydrogen) atoms. The number of nitrogens with one attached hydrogen (secondary N) is 2. The maximum atomic E-state index is 13.9. The number of pyridine rings is 1. The Kier molecular flexibility index (Phi) is 7.90. The van der Waals surface area contributed by atoms with E-state index in [1.165, 1.54) is 12.1 Å². The maximum Gasteiger partial charge on any atom is 0.251 e. The predicted octanol–water partition coefficient (Wildman–Crippen LogP) is 4.87. The quantitative estimate of drug-likeness (QED) is 0.318. The highest BCUT2D eigenvalue weighted by molar-refractivity contribution is 6.36. The van der Waals surface area contributed by atoms with Crippen LogP contribution in [0.3, 0.4) is 0 Å². The number of ether oxygens (including phenoxy) is 1. The lowest BCUT2D eigenvalue weighted by molar-refractivity contribution is 0.0954. The van der Waals surface area contributed by atoms with E-state index in [-0.39, 0.29) is 21.8 Å². The topological polar surface area (TPSA) is 89.3 Å². The van der Waals surface area contributed by atoms with E-state index in [4.69, 9.17) is 33.7 Å². The zero-order valence-corrected chi connectivity index (χ0v) is 19.1. The molecule has 1 atom stereocenters. The fraction of sp³-hybridized carbons (Fsp3) is 0.217. The number of anilines is 1. The molecule has 0 saturated heterocycles. The summed E-state index contributed by atoms with van der Waals surface area (Å²) in [6.07, 6.45) is 0.936. The van der Waals surface area contributed by atoms with E-state index in [0.717, 1.165) is 11.1 Å². The molecule has 1 unspecified atom stereocenters. The molecule has 1 amide bonds. The Hall–Kier alpha value is -2.87. The van der Waals surface area contributed by atoms with Crippen LogP contribution in [-0.2, 0) is 0 Å². The summed E-state index contributed by atoms with van der Waals surface area (Å²) < 4.78 is 19.8. The molecule has 2 aromatic carbocycles. The van der Waals surface area contributed by atoms with Gasteiger partial charge in [-0.25, -0.2) is 9.37 Å². The minimum Gasteiger partial charge on any atom is -0.482 e. The Bertz CT molecular complexity index is 1110. The third kappa shape index (κ3) is 5.48. The Balaban J connectivity index is 1.80. The average molecular weight is 477 g/mol. The van der Waals surface area contributed by atoms with E-state index < -0.39 is 11.9 Å². The molecule has 0 radical (unpaired) electrons. The summed E-state index contributed by atoms with van der Waals surface area (Å²) in [7, 11) is 1.82. The van der Waals surface area contributed by atoms with Crippen LogP contribution in [-0.4, -0.2) is 31.0 Å². The second-order valence-corrected chi connectivity index (χ2v) is 7.85. The SMILES string of the molecule is CNCCNC(=O)c1ccc(-c2cnc(N)c(OC(C)c3c(Cl)ccc(F)c3Cl)c2)cc1. The Morgan fingerprint density at radius 2 is 1.88 bits per heavy atom. The molecule has 0 fully saturated rings. The highest BCUT2D eigenvalue weighted by atomic mass is 35.5. The fourth-order valence-electron chi connectivity index (χ4n) is 3.09. The van der Waals surface area contributed by atoms with E-state index in [9.17, 15) is 9.18 Å². The summed E-state index contributed by atoms with van der Waals surface area (Å²) in [4.78, 5) is 16.4. The van der Waals surface area contributed by atoms with Crippen LogP contribution < -0.4 is 21.1 Å². The molecule has 0 aliphatic carbocycles. The van der Waals surface area contributed by atoms with Crippen LogP contribution in [0.25, 0.3) is 11.1 Å². The van der Waals surface area contributed by atoms with Gasteiger partial charge in [0, 0.05) is 41.0 Å². The molecular formula is C23H23Cl2FN4O2. The van der Waals surface area contributed by atoms with Crippen LogP contribution in [0.5, 0.6) is 5.75 Å². The third-order valence-electron chi connectivity index (χ3n) is 4.81. The number of amides is 1. The standard InChI is InChI=1S/C23H23Cl2FN4O2/c1-13(20-17(24)7-8-18(26)21(20)25)32-19-11-16(12-30-22(19)27)14-3-5-15(6-4-14)23(31)29-10-9-28-2/h3-8,11-13,28H,9-10H2,1-2H3,(H2,27,30)(H,29,31). The van der Waals surface area contributed by atoms with Crippen molar-refractivity contribution >= 4 is 34.9 Å². The minimum atomic E-state index is -0.672. The first-order chi connectivity index (χ1) is 15.3. The summed E-state index contributed by atoms with van der Waals surface area (Å²) in [5.74, 6) is -0.259. The summed E-state index contributed by atoms with van der Waals surface area (Å²) in [6, 6.07) is 11.4. The Morgan fingerprint density at radius 1 is 1.16 bits per heavy atom. The predicted molar refractivity (Wildman–Crippen MR) is 126 cm³/mol. The second kappa shape index (κ2) is 10.6. The van der Waals surface area contributed by atoms with Crippen molar-refractivity contribution in [2.45, 2.75) is 13.0 Å². The monoisotopic (exact) mass is 476 g/mol. The van der Waals surface area contributed by atoms with Crippen LogP contribution in [0.15, 0.2) is 48.7 Å². The molecule has 6 nitrogen and oxygen atoms in total. The van der Waals surface area contributed by atoms with Gasteiger partial charge in [-0.1, -0.05) is 35.3 Å².